The van der Waals surface area contributed by atoms with Gasteiger partial charge in [-0.1, -0.05) is 11.6 Å². The summed E-state index contributed by atoms with van der Waals surface area (Å²) in [4.78, 5) is 25.9. The zero-order chi connectivity index (χ0) is 17.5. The number of ether oxygens (including phenoxy) is 1. The van der Waals surface area contributed by atoms with Crippen LogP contribution in [-0.4, -0.2) is 50.7 Å². The quantitative estimate of drug-likeness (QED) is 0.798. The molecule has 1 saturated heterocycles. The number of benzene rings is 1. The first-order valence-electron chi connectivity index (χ1n) is 8.11. The Morgan fingerprint density at radius 2 is 2.04 bits per heavy atom. The molecule has 1 aliphatic rings. The first kappa shape index (κ1) is 18.5. The van der Waals surface area contributed by atoms with Crippen LogP contribution in [0.2, 0.25) is 5.02 Å². The number of carbonyl (C=O) groups excluding carboxylic acids is 2. The summed E-state index contributed by atoms with van der Waals surface area (Å²) in [5.74, 6) is 0.134. The number of amides is 2. The van der Waals surface area contributed by atoms with E-state index in [-0.39, 0.29) is 16.6 Å². The van der Waals surface area contributed by atoms with E-state index in [1.807, 2.05) is 0 Å². The molecular formula is C17H24ClN3O3. The zero-order valence-electron chi connectivity index (χ0n) is 14.1. The second-order valence-electron chi connectivity index (χ2n) is 6.10. The molecule has 1 aromatic carbocycles. The van der Waals surface area contributed by atoms with Crippen molar-refractivity contribution in [3.05, 3.63) is 28.8 Å². The number of carbonyl (C=O) groups is 2. The molecule has 0 unspecified atom stereocenters. The van der Waals surface area contributed by atoms with Crippen molar-refractivity contribution in [3.8, 4) is 0 Å². The van der Waals surface area contributed by atoms with Crippen molar-refractivity contribution in [2.75, 3.05) is 39.1 Å². The average molecular weight is 354 g/mol. The molecule has 0 saturated carbocycles. The van der Waals surface area contributed by atoms with E-state index in [9.17, 15) is 9.59 Å². The number of halogens is 1. The molecule has 132 valence electrons. The van der Waals surface area contributed by atoms with Gasteiger partial charge in [0, 0.05) is 12.2 Å². The molecule has 0 radical (unpaired) electrons. The lowest BCUT2D eigenvalue weighted by Crippen LogP contribution is -2.34. The monoisotopic (exact) mass is 353 g/mol. The van der Waals surface area contributed by atoms with E-state index in [1.165, 1.54) is 26.0 Å². The fourth-order valence-electron chi connectivity index (χ4n) is 2.79. The van der Waals surface area contributed by atoms with Gasteiger partial charge in [-0.25, -0.2) is 9.59 Å². The van der Waals surface area contributed by atoms with Crippen LogP contribution >= 0.6 is 11.6 Å². The van der Waals surface area contributed by atoms with Crippen molar-refractivity contribution in [3.63, 3.8) is 0 Å². The SMILES string of the molecule is COC(=O)c1cc(NC(=O)NCCC2CCN(C)CC2)ccc1Cl. The minimum atomic E-state index is -0.536. The molecular weight excluding hydrogens is 330 g/mol. The van der Waals surface area contributed by atoms with Crippen molar-refractivity contribution in [2.24, 2.45) is 5.92 Å². The Morgan fingerprint density at radius 3 is 2.71 bits per heavy atom. The molecule has 2 N–H and O–H groups in total. The smallest absolute Gasteiger partial charge is 0.339 e. The highest BCUT2D eigenvalue weighted by atomic mass is 35.5. The van der Waals surface area contributed by atoms with E-state index >= 15 is 0 Å². The molecule has 0 bridgehead atoms. The van der Waals surface area contributed by atoms with E-state index in [1.54, 1.807) is 12.1 Å². The molecule has 0 aliphatic carbocycles. The van der Waals surface area contributed by atoms with Gasteiger partial charge in [0.05, 0.1) is 17.7 Å². The molecule has 6 nitrogen and oxygen atoms in total. The predicted octanol–water partition coefficient (Wildman–Crippen LogP) is 2.98. The number of hydrogen-bond acceptors (Lipinski definition) is 4. The van der Waals surface area contributed by atoms with Gasteiger partial charge in [0.25, 0.3) is 0 Å². The van der Waals surface area contributed by atoms with E-state index in [0.717, 1.165) is 19.5 Å². The van der Waals surface area contributed by atoms with Gasteiger partial charge in [-0.15, -0.1) is 0 Å². The highest BCUT2D eigenvalue weighted by Gasteiger charge is 2.16. The maximum atomic E-state index is 12.0. The van der Waals surface area contributed by atoms with Crippen molar-refractivity contribution < 1.29 is 14.3 Å². The Balaban J connectivity index is 1.79. The van der Waals surface area contributed by atoms with E-state index in [2.05, 4.69) is 27.3 Å². The summed E-state index contributed by atoms with van der Waals surface area (Å²) in [5.41, 5.74) is 0.722. The van der Waals surface area contributed by atoms with Crippen molar-refractivity contribution in [1.29, 1.82) is 0 Å². The number of methoxy groups -OCH3 is 1. The lowest BCUT2D eigenvalue weighted by atomic mass is 9.94. The Hall–Kier alpha value is -1.79. The first-order valence-corrected chi connectivity index (χ1v) is 8.48. The molecule has 2 amide bonds. The number of rotatable bonds is 5. The van der Waals surface area contributed by atoms with Crippen molar-refractivity contribution >= 4 is 29.3 Å². The standard InChI is InChI=1S/C17H24ClN3O3/c1-21-9-6-12(7-10-21)5-8-19-17(23)20-13-3-4-15(18)14(11-13)16(22)24-2/h3-4,11-12H,5-10H2,1-2H3,(H2,19,20,23). The average Bonchev–Trinajstić information content (AvgIpc) is 2.57. The van der Waals surface area contributed by atoms with Crippen LogP contribution in [0.1, 0.15) is 29.6 Å². The molecule has 24 heavy (non-hydrogen) atoms. The van der Waals surface area contributed by atoms with Crippen LogP contribution in [0.4, 0.5) is 10.5 Å². The number of likely N-dealkylation sites (tertiary alicyclic amines) is 1. The normalized spacial score (nSPS) is 15.8. The van der Waals surface area contributed by atoms with Gasteiger partial charge in [-0.3, -0.25) is 0 Å². The molecule has 7 heteroatoms. The summed E-state index contributed by atoms with van der Waals surface area (Å²) < 4.78 is 4.66. The number of hydrogen-bond donors (Lipinski definition) is 2. The van der Waals surface area contributed by atoms with Crippen LogP contribution in [-0.2, 0) is 4.74 Å². The summed E-state index contributed by atoms with van der Waals surface area (Å²) in [5, 5.41) is 5.85. The molecule has 0 spiro atoms. The van der Waals surface area contributed by atoms with Crippen LogP contribution < -0.4 is 10.6 Å². The largest absolute Gasteiger partial charge is 0.465 e. The van der Waals surface area contributed by atoms with E-state index < -0.39 is 5.97 Å². The fourth-order valence-corrected chi connectivity index (χ4v) is 2.98. The third-order valence-electron chi connectivity index (χ3n) is 4.31. The summed E-state index contributed by atoms with van der Waals surface area (Å²) in [6.45, 7) is 2.88. The van der Waals surface area contributed by atoms with Crippen LogP contribution in [0.5, 0.6) is 0 Å². The Bertz CT molecular complexity index is 586. The highest BCUT2D eigenvalue weighted by Crippen LogP contribution is 2.21. The fraction of sp³-hybridized carbons (Fsp3) is 0.529. The van der Waals surface area contributed by atoms with E-state index in [0.29, 0.717) is 18.2 Å². The third kappa shape index (κ3) is 5.39. The topological polar surface area (TPSA) is 70.7 Å². The predicted molar refractivity (Wildman–Crippen MR) is 94.7 cm³/mol. The van der Waals surface area contributed by atoms with Gasteiger partial charge in [0.1, 0.15) is 0 Å². The number of esters is 1. The van der Waals surface area contributed by atoms with E-state index in [4.69, 9.17) is 11.6 Å². The molecule has 1 fully saturated rings. The Morgan fingerprint density at radius 1 is 1.33 bits per heavy atom. The maximum Gasteiger partial charge on any atom is 0.339 e. The van der Waals surface area contributed by atoms with Gasteiger partial charge in [0.2, 0.25) is 0 Å². The summed E-state index contributed by atoms with van der Waals surface area (Å²) >= 11 is 5.95. The molecule has 1 heterocycles. The summed E-state index contributed by atoms with van der Waals surface area (Å²) in [6, 6.07) is 4.42. The van der Waals surface area contributed by atoms with Crippen LogP contribution in [0.15, 0.2) is 18.2 Å². The summed E-state index contributed by atoms with van der Waals surface area (Å²) in [6.07, 6.45) is 3.34. The minimum Gasteiger partial charge on any atom is -0.465 e. The van der Waals surface area contributed by atoms with Gasteiger partial charge >= 0.3 is 12.0 Å². The van der Waals surface area contributed by atoms with Gasteiger partial charge in [-0.05, 0) is 63.5 Å². The number of anilines is 1. The Labute approximate surface area is 147 Å². The van der Waals surface area contributed by atoms with Crippen molar-refractivity contribution in [1.82, 2.24) is 10.2 Å². The number of nitrogens with one attached hydrogen (secondary N) is 2. The van der Waals surface area contributed by atoms with Gasteiger partial charge in [0.15, 0.2) is 0 Å². The van der Waals surface area contributed by atoms with Crippen LogP contribution in [0.25, 0.3) is 0 Å². The minimum absolute atomic E-state index is 0.225. The number of nitrogens with zero attached hydrogens (tertiary/aromatic N) is 1. The second kappa shape index (κ2) is 8.89. The van der Waals surface area contributed by atoms with Gasteiger partial charge < -0.3 is 20.3 Å². The zero-order valence-corrected chi connectivity index (χ0v) is 14.9. The van der Waals surface area contributed by atoms with Gasteiger partial charge in [-0.2, -0.15) is 0 Å². The molecule has 1 aromatic rings. The molecule has 0 atom stereocenters. The number of piperidine rings is 1. The van der Waals surface area contributed by atoms with Crippen LogP contribution in [0, 0.1) is 5.92 Å². The third-order valence-corrected chi connectivity index (χ3v) is 4.64. The first-order chi connectivity index (χ1) is 11.5. The Kier molecular flexibility index (Phi) is 6.87. The van der Waals surface area contributed by atoms with Crippen LogP contribution in [0.3, 0.4) is 0 Å². The molecule has 2 rings (SSSR count). The lowest BCUT2D eigenvalue weighted by Gasteiger charge is -2.28. The molecule has 1 aliphatic heterocycles. The highest BCUT2D eigenvalue weighted by molar-refractivity contribution is 6.33. The van der Waals surface area contributed by atoms with Crippen molar-refractivity contribution in [2.45, 2.75) is 19.3 Å². The second-order valence-corrected chi connectivity index (χ2v) is 6.51. The maximum absolute atomic E-state index is 12.0. The lowest BCUT2D eigenvalue weighted by molar-refractivity contribution is 0.0601. The number of urea groups is 1. The summed E-state index contributed by atoms with van der Waals surface area (Å²) in [7, 11) is 3.42. The molecule has 0 aromatic heterocycles.